The van der Waals surface area contributed by atoms with Crippen LogP contribution in [0.4, 0.5) is 10.2 Å². The van der Waals surface area contributed by atoms with E-state index in [4.69, 9.17) is 30.7 Å². The highest BCUT2D eigenvalue weighted by molar-refractivity contribution is 7.52. The van der Waals surface area contributed by atoms with E-state index in [9.17, 15) is 18.9 Å². The van der Waals surface area contributed by atoms with Gasteiger partial charge in [-0.3, -0.25) is 13.9 Å². The fraction of sp³-hybridized carbons (Fsp3) is 0.391. The van der Waals surface area contributed by atoms with Crippen molar-refractivity contribution in [2.24, 2.45) is 0 Å². The molecule has 1 aliphatic heterocycles. The van der Waals surface area contributed by atoms with Gasteiger partial charge in [0.05, 0.1) is 12.9 Å². The molecule has 2 aromatic heterocycles. The van der Waals surface area contributed by atoms with Gasteiger partial charge < -0.3 is 24.8 Å². The summed E-state index contributed by atoms with van der Waals surface area (Å²) in [6.07, 6.45) is 3.63. The Hall–Kier alpha value is -3.60. The largest absolute Gasteiger partial charge is 0.465 e. The van der Waals surface area contributed by atoms with Gasteiger partial charge in [-0.1, -0.05) is 24.1 Å². The number of hydrogen-bond donors (Lipinski definition) is 3. The minimum Gasteiger partial charge on any atom is -0.465 e. The Labute approximate surface area is 217 Å². The molecule has 5 atom stereocenters. The molecule has 4 N–H and O–H groups in total. The first-order valence-corrected chi connectivity index (χ1v) is 13.1. The fourth-order valence-corrected chi connectivity index (χ4v) is 5.31. The molecule has 3 heterocycles. The number of benzene rings is 1. The van der Waals surface area contributed by atoms with E-state index < -0.39 is 50.4 Å². The zero-order valence-electron chi connectivity index (χ0n) is 20.5. The van der Waals surface area contributed by atoms with Crippen molar-refractivity contribution in [3.8, 4) is 18.1 Å². The number of imidazole rings is 1. The van der Waals surface area contributed by atoms with Crippen LogP contribution < -0.4 is 15.3 Å². The number of ether oxygens (including phenoxy) is 2. The summed E-state index contributed by atoms with van der Waals surface area (Å²) in [6, 6.07) is 7.04. The molecule has 1 fully saturated rings. The average Bonchev–Trinajstić information content (AvgIpc) is 3.44. The second-order valence-corrected chi connectivity index (χ2v) is 10.0. The minimum absolute atomic E-state index is 0.0314. The molecule has 0 aliphatic carbocycles. The predicted octanol–water partition coefficient (Wildman–Crippen LogP) is 1.94. The van der Waals surface area contributed by atoms with Crippen molar-refractivity contribution in [3.05, 3.63) is 42.7 Å². The number of fused-ring (bicyclic) bond motifs is 1. The average molecular weight is 548 g/mol. The minimum atomic E-state index is -4.29. The molecule has 15 heteroatoms. The molecule has 13 nitrogen and oxygen atoms in total. The number of carbonyl (C=O) groups excluding carboxylic acids is 1. The summed E-state index contributed by atoms with van der Waals surface area (Å²) in [5.74, 6) is 1.70. The first kappa shape index (κ1) is 27.4. The zero-order chi connectivity index (χ0) is 27.5. The number of anilines is 1. The van der Waals surface area contributed by atoms with Crippen LogP contribution in [-0.4, -0.2) is 61.6 Å². The monoisotopic (exact) mass is 548 g/mol. The van der Waals surface area contributed by atoms with E-state index >= 15 is 0 Å². The van der Waals surface area contributed by atoms with Gasteiger partial charge in [0.1, 0.15) is 30.7 Å². The number of terminal acetylenes is 1. The maximum atomic E-state index is 13.8. The van der Waals surface area contributed by atoms with Crippen LogP contribution in [0.3, 0.4) is 0 Å². The SMILES string of the molecule is C#C[C@]1(CO[P@](=O)(N[C@@H](C)C(=O)OCC)Oc2ccccc2)O[C@@H](n2cnc3c(N)nc(F)nc32)C[C@@H]1O. The Kier molecular flexibility index (Phi) is 7.96. The van der Waals surface area contributed by atoms with Crippen LogP contribution in [0.5, 0.6) is 5.75 Å². The molecular formula is C23H26FN6O7P. The summed E-state index contributed by atoms with van der Waals surface area (Å²) in [6.45, 7) is 2.56. The van der Waals surface area contributed by atoms with Crippen LogP contribution in [-0.2, 0) is 23.4 Å². The molecule has 1 aliphatic rings. The molecular weight excluding hydrogens is 522 g/mol. The quantitative estimate of drug-likeness (QED) is 0.146. The Balaban J connectivity index is 1.57. The number of aromatic nitrogens is 4. The van der Waals surface area contributed by atoms with Crippen LogP contribution in [0, 0.1) is 18.4 Å². The van der Waals surface area contributed by atoms with Gasteiger partial charge in [-0.2, -0.15) is 19.4 Å². The molecule has 1 saturated heterocycles. The first-order valence-electron chi connectivity index (χ1n) is 11.5. The third kappa shape index (κ3) is 5.62. The van der Waals surface area contributed by atoms with Gasteiger partial charge in [0.15, 0.2) is 22.6 Å². The molecule has 0 unspecified atom stereocenters. The maximum Gasteiger partial charge on any atom is 0.459 e. The van der Waals surface area contributed by atoms with Crippen molar-refractivity contribution in [2.75, 3.05) is 18.9 Å². The Bertz CT molecular complexity index is 1400. The topological polar surface area (TPSA) is 173 Å². The normalized spacial score (nSPS) is 23.4. The lowest BCUT2D eigenvalue weighted by Gasteiger charge is -2.29. The van der Waals surface area contributed by atoms with Gasteiger partial charge in [0.2, 0.25) is 0 Å². The van der Waals surface area contributed by atoms with Crippen LogP contribution >= 0.6 is 7.75 Å². The molecule has 3 aromatic rings. The van der Waals surface area contributed by atoms with E-state index in [0.29, 0.717) is 0 Å². The molecule has 0 saturated carbocycles. The molecule has 0 spiro atoms. The lowest BCUT2D eigenvalue weighted by molar-refractivity contribution is -0.144. The van der Waals surface area contributed by atoms with E-state index in [-0.39, 0.29) is 35.8 Å². The van der Waals surface area contributed by atoms with Crippen LogP contribution in [0.2, 0.25) is 0 Å². The van der Waals surface area contributed by atoms with Gasteiger partial charge in [-0.05, 0) is 26.0 Å². The lowest BCUT2D eigenvalue weighted by atomic mass is 9.99. The standard InChI is InChI=1S/C23H26FN6O7P/c1-4-23(16(31)11-17(36-23)30-13-26-18-19(25)27-22(24)28-20(18)30)12-35-38(33,29-14(3)21(32)34-5-2)37-15-9-7-6-8-10-15/h1,6-10,13-14,16-17,31H,5,11-12H2,2-3H3,(H,29,33)(H2,25,27,28)/t14-,16-,17+,23+,38+/m0/s1. The van der Waals surface area contributed by atoms with Crippen molar-refractivity contribution in [2.45, 2.75) is 44.2 Å². The van der Waals surface area contributed by atoms with Crippen LogP contribution in [0.15, 0.2) is 36.7 Å². The maximum absolute atomic E-state index is 13.8. The third-order valence-corrected chi connectivity index (χ3v) is 7.32. The number of nitrogens with zero attached hydrogens (tertiary/aromatic N) is 4. The van der Waals surface area contributed by atoms with Crippen LogP contribution in [0.25, 0.3) is 11.2 Å². The van der Waals surface area contributed by atoms with Gasteiger partial charge in [-0.25, -0.2) is 9.55 Å². The summed E-state index contributed by atoms with van der Waals surface area (Å²) < 4.78 is 51.0. The van der Waals surface area contributed by atoms with Crippen LogP contribution in [0.1, 0.15) is 26.5 Å². The summed E-state index contributed by atoms with van der Waals surface area (Å²) in [7, 11) is -4.29. The molecule has 0 amide bonds. The Morgan fingerprint density at radius 1 is 1.45 bits per heavy atom. The molecule has 4 rings (SSSR count). The highest BCUT2D eigenvalue weighted by Gasteiger charge is 2.50. The number of rotatable bonds is 10. The van der Waals surface area contributed by atoms with E-state index in [1.165, 1.54) is 30.0 Å². The summed E-state index contributed by atoms with van der Waals surface area (Å²) in [4.78, 5) is 23.4. The van der Waals surface area contributed by atoms with Gasteiger partial charge in [0, 0.05) is 6.42 Å². The van der Waals surface area contributed by atoms with Gasteiger partial charge >= 0.3 is 19.8 Å². The predicted molar refractivity (Wildman–Crippen MR) is 132 cm³/mol. The third-order valence-electron chi connectivity index (χ3n) is 5.69. The Morgan fingerprint density at radius 3 is 2.87 bits per heavy atom. The zero-order valence-corrected chi connectivity index (χ0v) is 21.4. The number of nitrogens with one attached hydrogen (secondary N) is 1. The summed E-state index contributed by atoms with van der Waals surface area (Å²) in [5, 5.41) is 13.4. The first-order chi connectivity index (χ1) is 18.1. The molecule has 0 bridgehead atoms. The van der Waals surface area contributed by atoms with E-state index in [0.717, 1.165) is 0 Å². The number of para-hydroxylation sites is 1. The van der Waals surface area contributed by atoms with E-state index in [2.05, 4.69) is 26.0 Å². The number of nitrogens with two attached hydrogens (primary N) is 1. The second kappa shape index (κ2) is 11.0. The van der Waals surface area contributed by atoms with E-state index in [1.807, 2.05) is 0 Å². The molecule has 202 valence electrons. The van der Waals surface area contributed by atoms with Crippen molar-refractivity contribution in [1.29, 1.82) is 0 Å². The highest BCUT2D eigenvalue weighted by atomic mass is 31.2. The van der Waals surface area contributed by atoms with Crippen molar-refractivity contribution in [3.63, 3.8) is 0 Å². The second-order valence-electron chi connectivity index (χ2n) is 8.34. The number of aliphatic hydroxyl groups is 1. The van der Waals surface area contributed by atoms with Crippen molar-refractivity contribution < 1.29 is 37.4 Å². The summed E-state index contributed by atoms with van der Waals surface area (Å²) in [5.41, 5.74) is 4.08. The van der Waals surface area contributed by atoms with Crippen molar-refractivity contribution in [1.82, 2.24) is 24.6 Å². The van der Waals surface area contributed by atoms with Gasteiger partial charge in [-0.15, -0.1) is 6.42 Å². The van der Waals surface area contributed by atoms with Gasteiger partial charge in [0.25, 0.3) is 0 Å². The number of nitrogen functional groups attached to an aromatic ring is 1. The Morgan fingerprint density at radius 2 is 2.18 bits per heavy atom. The summed E-state index contributed by atoms with van der Waals surface area (Å²) >= 11 is 0. The van der Waals surface area contributed by atoms with Crippen molar-refractivity contribution >= 4 is 30.7 Å². The number of aliphatic hydroxyl groups excluding tert-OH is 1. The molecule has 0 radical (unpaired) electrons. The number of carbonyl (C=O) groups is 1. The fourth-order valence-electron chi connectivity index (χ4n) is 3.79. The number of esters is 1. The smallest absolute Gasteiger partial charge is 0.459 e. The highest BCUT2D eigenvalue weighted by Crippen LogP contribution is 2.48. The lowest BCUT2D eigenvalue weighted by Crippen LogP contribution is -2.43. The molecule has 38 heavy (non-hydrogen) atoms. The number of halogens is 1. The van der Waals surface area contributed by atoms with E-state index in [1.54, 1.807) is 25.1 Å². The molecule has 1 aromatic carbocycles. The number of hydrogen-bond acceptors (Lipinski definition) is 11.